The van der Waals surface area contributed by atoms with Gasteiger partial charge in [-0.2, -0.15) is 4.98 Å². The van der Waals surface area contributed by atoms with Crippen LogP contribution >= 0.6 is 11.6 Å². The molecule has 106 valence electrons. The minimum atomic E-state index is 0.570. The van der Waals surface area contributed by atoms with E-state index in [0.29, 0.717) is 11.0 Å². The lowest BCUT2D eigenvalue weighted by atomic mass is 10.2. The van der Waals surface area contributed by atoms with Crippen LogP contribution in [0.5, 0.6) is 0 Å². The first-order valence-corrected chi connectivity index (χ1v) is 7.03. The fourth-order valence-electron chi connectivity index (χ4n) is 2.19. The molecule has 0 spiro atoms. The van der Waals surface area contributed by atoms with Gasteiger partial charge in [-0.1, -0.05) is 35.9 Å². The van der Waals surface area contributed by atoms with E-state index >= 15 is 0 Å². The summed E-state index contributed by atoms with van der Waals surface area (Å²) in [7, 11) is 1.80. The Morgan fingerprint density at radius 2 is 1.81 bits per heavy atom. The van der Waals surface area contributed by atoms with Gasteiger partial charge in [0.25, 0.3) is 0 Å². The second-order valence-electron chi connectivity index (χ2n) is 4.72. The van der Waals surface area contributed by atoms with Crippen LogP contribution < -0.4 is 10.6 Å². The molecule has 2 aromatic carbocycles. The van der Waals surface area contributed by atoms with Crippen LogP contribution in [0.2, 0.25) is 5.02 Å². The molecule has 0 saturated heterocycles. The van der Waals surface area contributed by atoms with E-state index in [1.54, 1.807) is 7.05 Å². The Kier molecular flexibility index (Phi) is 3.62. The van der Waals surface area contributed by atoms with Crippen LogP contribution in [0.1, 0.15) is 5.56 Å². The number of halogens is 1. The van der Waals surface area contributed by atoms with E-state index < -0.39 is 0 Å². The van der Waals surface area contributed by atoms with Crippen molar-refractivity contribution in [3.63, 3.8) is 0 Å². The van der Waals surface area contributed by atoms with Gasteiger partial charge in [-0.3, -0.25) is 0 Å². The second-order valence-corrected chi connectivity index (χ2v) is 5.13. The van der Waals surface area contributed by atoms with Crippen molar-refractivity contribution in [1.29, 1.82) is 0 Å². The molecule has 5 heteroatoms. The lowest BCUT2D eigenvalue weighted by Gasteiger charge is -2.13. The van der Waals surface area contributed by atoms with Gasteiger partial charge >= 0.3 is 0 Å². The van der Waals surface area contributed by atoms with Gasteiger partial charge in [-0.25, -0.2) is 4.98 Å². The predicted molar refractivity (Wildman–Crippen MR) is 88.6 cm³/mol. The third-order valence-corrected chi connectivity index (χ3v) is 3.61. The first-order valence-electron chi connectivity index (χ1n) is 6.65. The van der Waals surface area contributed by atoms with Gasteiger partial charge in [0.1, 0.15) is 5.82 Å². The van der Waals surface area contributed by atoms with Gasteiger partial charge in [-0.05, 0) is 30.7 Å². The van der Waals surface area contributed by atoms with Crippen LogP contribution in [0.15, 0.2) is 42.5 Å². The van der Waals surface area contributed by atoms with E-state index in [1.807, 2.05) is 49.4 Å². The van der Waals surface area contributed by atoms with Crippen molar-refractivity contribution in [2.45, 2.75) is 6.92 Å². The van der Waals surface area contributed by atoms with E-state index in [1.165, 1.54) is 0 Å². The average molecular weight is 299 g/mol. The van der Waals surface area contributed by atoms with Crippen molar-refractivity contribution in [2.75, 3.05) is 17.7 Å². The standard InChI is InChI=1S/C16H15ClN4/c1-10-6-5-8-12(17)14(10)20-15-11-7-3-4-9-13(11)19-16(18-2)21-15/h3-9H,1-2H3,(H2,18,19,20,21). The zero-order valence-electron chi connectivity index (χ0n) is 11.8. The molecular formula is C16H15ClN4. The number of hydrogen-bond acceptors (Lipinski definition) is 4. The number of anilines is 3. The lowest BCUT2D eigenvalue weighted by molar-refractivity contribution is 1.19. The fraction of sp³-hybridized carbons (Fsp3) is 0.125. The molecule has 3 aromatic rings. The molecule has 0 unspecified atom stereocenters. The zero-order chi connectivity index (χ0) is 14.8. The Balaban J connectivity index is 2.16. The van der Waals surface area contributed by atoms with E-state index in [4.69, 9.17) is 11.6 Å². The van der Waals surface area contributed by atoms with Crippen LogP contribution in [0.4, 0.5) is 17.5 Å². The van der Waals surface area contributed by atoms with Gasteiger partial charge in [0.2, 0.25) is 5.95 Å². The summed E-state index contributed by atoms with van der Waals surface area (Å²) < 4.78 is 0. The van der Waals surface area contributed by atoms with E-state index in [2.05, 4.69) is 20.6 Å². The van der Waals surface area contributed by atoms with Crippen molar-refractivity contribution < 1.29 is 0 Å². The molecule has 0 fully saturated rings. The molecule has 0 bridgehead atoms. The third-order valence-electron chi connectivity index (χ3n) is 3.29. The van der Waals surface area contributed by atoms with Crippen molar-refractivity contribution in [2.24, 2.45) is 0 Å². The molecule has 0 amide bonds. The summed E-state index contributed by atoms with van der Waals surface area (Å²) in [6, 6.07) is 13.7. The topological polar surface area (TPSA) is 49.8 Å². The molecule has 0 aliphatic rings. The number of para-hydroxylation sites is 2. The van der Waals surface area contributed by atoms with Gasteiger partial charge in [0, 0.05) is 12.4 Å². The van der Waals surface area contributed by atoms with Gasteiger partial charge in [-0.15, -0.1) is 0 Å². The van der Waals surface area contributed by atoms with Gasteiger partial charge < -0.3 is 10.6 Å². The van der Waals surface area contributed by atoms with Crippen LogP contribution in [0.25, 0.3) is 10.9 Å². The van der Waals surface area contributed by atoms with E-state index in [-0.39, 0.29) is 0 Å². The maximum absolute atomic E-state index is 6.28. The average Bonchev–Trinajstić information content (AvgIpc) is 2.50. The number of aryl methyl sites for hydroxylation is 1. The highest BCUT2D eigenvalue weighted by Gasteiger charge is 2.10. The third kappa shape index (κ3) is 2.62. The molecule has 1 heterocycles. The summed E-state index contributed by atoms with van der Waals surface area (Å²) in [6.45, 7) is 2.01. The molecule has 3 rings (SSSR count). The number of rotatable bonds is 3. The summed E-state index contributed by atoms with van der Waals surface area (Å²) in [5, 5.41) is 7.94. The van der Waals surface area contributed by atoms with Crippen LogP contribution in [-0.4, -0.2) is 17.0 Å². The quantitative estimate of drug-likeness (QED) is 0.753. The summed E-state index contributed by atoms with van der Waals surface area (Å²) >= 11 is 6.28. The highest BCUT2D eigenvalue weighted by Crippen LogP contribution is 2.31. The highest BCUT2D eigenvalue weighted by molar-refractivity contribution is 6.33. The molecule has 21 heavy (non-hydrogen) atoms. The SMILES string of the molecule is CNc1nc(Nc2c(C)cccc2Cl)c2ccccc2n1. The van der Waals surface area contributed by atoms with E-state index in [0.717, 1.165) is 28.0 Å². The summed E-state index contributed by atoms with van der Waals surface area (Å²) in [5.74, 6) is 1.31. The molecule has 0 saturated carbocycles. The Morgan fingerprint density at radius 3 is 2.57 bits per heavy atom. The van der Waals surface area contributed by atoms with Crippen molar-refractivity contribution in [3.8, 4) is 0 Å². The molecule has 0 aliphatic heterocycles. The Labute approximate surface area is 128 Å². The van der Waals surface area contributed by atoms with Crippen molar-refractivity contribution >= 4 is 40.0 Å². The number of nitrogens with zero attached hydrogens (tertiary/aromatic N) is 2. The molecular weight excluding hydrogens is 284 g/mol. The first kappa shape index (κ1) is 13.6. The Bertz CT molecular complexity index is 781. The van der Waals surface area contributed by atoms with Gasteiger partial charge in [0.15, 0.2) is 0 Å². The molecule has 2 N–H and O–H groups in total. The maximum atomic E-state index is 6.28. The maximum Gasteiger partial charge on any atom is 0.224 e. The largest absolute Gasteiger partial charge is 0.357 e. The number of aromatic nitrogens is 2. The van der Waals surface area contributed by atoms with E-state index in [9.17, 15) is 0 Å². The molecule has 0 atom stereocenters. The number of hydrogen-bond donors (Lipinski definition) is 2. The normalized spacial score (nSPS) is 10.6. The lowest BCUT2D eigenvalue weighted by Crippen LogP contribution is -2.03. The highest BCUT2D eigenvalue weighted by atomic mass is 35.5. The van der Waals surface area contributed by atoms with Crippen LogP contribution in [0, 0.1) is 6.92 Å². The number of benzene rings is 2. The molecule has 1 aromatic heterocycles. The monoisotopic (exact) mass is 298 g/mol. The second kappa shape index (κ2) is 5.58. The summed E-state index contributed by atoms with van der Waals surface area (Å²) in [6.07, 6.45) is 0. The number of nitrogens with one attached hydrogen (secondary N) is 2. The smallest absolute Gasteiger partial charge is 0.224 e. The summed E-state index contributed by atoms with van der Waals surface area (Å²) in [5.41, 5.74) is 2.81. The van der Waals surface area contributed by atoms with Crippen molar-refractivity contribution in [1.82, 2.24) is 9.97 Å². The molecule has 0 radical (unpaired) electrons. The first-order chi connectivity index (χ1) is 10.2. The van der Waals surface area contributed by atoms with Crippen molar-refractivity contribution in [3.05, 3.63) is 53.1 Å². The zero-order valence-corrected chi connectivity index (χ0v) is 12.6. The predicted octanol–water partition coefficient (Wildman–Crippen LogP) is 4.38. The Hall–Kier alpha value is -2.33. The van der Waals surface area contributed by atoms with Gasteiger partial charge in [0.05, 0.1) is 16.2 Å². The fourth-order valence-corrected chi connectivity index (χ4v) is 2.46. The minimum absolute atomic E-state index is 0.570. The Morgan fingerprint density at radius 1 is 1.00 bits per heavy atom. The summed E-state index contributed by atoms with van der Waals surface area (Å²) in [4.78, 5) is 8.95. The molecule has 0 aliphatic carbocycles. The van der Waals surface area contributed by atoms with Crippen LogP contribution in [0.3, 0.4) is 0 Å². The van der Waals surface area contributed by atoms with Crippen LogP contribution in [-0.2, 0) is 0 Å². The molecule has 4 nitrogen and oxygen atoms in total. The number of fused-ring (bicyclic) bond motifs is 1. The minimum Gasteiger partial charge on any atom is -0.357 e.